The number of rotatable bonds is 5. The van der Waals surface area contributed by atoms with E-state index >= 15 is 0 Å². The lowest BCUT2D eigenvalue weighted by atomic mass is 10.1. The van der Waals surface area contributed by atoms with E-state index in [0.717, 1.165) is 24.3 Å². The van der Waals surface area contributed by atoms with Crippen LogP contribution >= 0.6 is 11.6 Å². The Morgan fingerprint density at radius 1 is 1.13 bits per heavy atom. The number of benzene rings is 2. The Morgan fingerprint density at radius 2 is 1.84 bits per heavy atom. The lowest BCUT2D eigenvalue weighted by Crippen LogP contribution is -2.36. The number of guanidine groups is 1. The molecule has 0 bridgehead atoms. The smallest absolute Gasteiger partial charge is 0.258 e. The molecule has 2 aromatic carbocycles. The summed E-state index contributed by atoms with van der Waals surface area (Å²) in [5.74, 6) is -2.23. The minimum Gasteiger partial charge on any atom is -0.309 e. The summed E-state index contributed by atoms with van der Waals surface area (Å²) in [6.45, 7) is 4.29. The number of nitrogens with one attached hydrogen (secondary N) is 3. The van der Waals surface area contributed by atoms with Crippen LogP contribution in [-0.2, 0) is 0 Å². The van der Waals surface area contributed by atoms with Gasteiger partial charge in [-0.25, -0.2) is 13.2 Å². The van der Waals surface area contributed by atoms with Crippen molar-refractivity contribution < 1.29 is 18.0 Å². The van der Waals surface area contributed by atoms with Crippen LogP contribution < -0.4 is 10.6 Å². The number of hydrogen-bond donors (Lipinski definition) is 3. The van der Waals surface area contributed by atoms with Gasteiger partial charge >= 0.3 is 0 Å². The fourth-order valence-electron chi connectivity index (χ4n) is 2.57. The van der Waals surface area contributed by atoms with Crippen LogP contribution in [0, 0.1) is 23.4 Å². The van der Waals surface area contributed by atoms with Crippen LogP contribution in [0.1, 0.15) is 24.2 Å². The molecule has 162 valence electrons. The van der Waals surface area contributed by atoms with Crippen molar-refractivity contribution in [2.24, 2.45) is 10.9 Å². The molecular weight excluding hydrogens is 431 g/mol. The zero-order valence-corrected chi connectivity index (χ0v) is 17.4. The van der Waals surface area contributed by atoms with Gasteiger partial charge in [-0.15, -0.1) is 0 Å². The molecule has 0 aliphatic carbocycles. The molecular formula is C21H19ClF3N5O. The van der Waals surface area contributed by atoms with Gasteiger partial charge in [-0.05, 0) is 36.2 Å². The van der Waals surface area contributed by atoms with Gasteiger partial charge in [0.05, 0.1) is 10.7 Å². The van der Waals surface area contributed by atoms with Gasteiger partial charge in [0.25, 0.3) is 5.91 Å². The normalized spacial score (nSPS) is 11.6. The predicted octanol–water partition coefficient (Wildman–Crippen LogP) is 5.00. The topological polar surface area (TPSA) is 82.2 Å². The van der Waals surface area contributed by atoms with Crippen molar-refractivity contribution >= 4 is 29.3 Å². The molecule has 1 amide bonds. The van der Waals surface area contributed by atoms with Crippen molar-refractivity contribution in [3.8, 4) is 11.3 Å². The van der Waals surface area contributed by atoms with E-state index in [1.165, 1.54) is 18.2 Å². The molecule has 0 radical (unpaired) electrons. The van der Waals surface area contributed by atoms with Crippen molar-refractivity contribution in [3.05, 3.63) is 70.5 Å². The van der Waals surface area contributed by atoms with Crippen molar-refractivity contribution in [2.75, 3.05) is 11.9 Å². The Balaban J connectivity index is 1.80. The summed E-state index contributed by atoms with van der Waals surface area (Å²) in [7, 11) is 0. The number of carbonyl (C=O) groups excluding carboxylic acids is 1. The molecule has 0 aliphatic rings. The molecule has 0 saturated heterocycles. The largest absolute Gasteiger partial charge is 0.309 e. The Morgan fingerprint density at radius 3 is 2.48 bits per heavy atom. The van der Waals surface area contributed by atoms with E-state index < -0.39 is 23.4 Å². The Hall–Kier alpha value is -3.33. The molecule has 0 saturated carbocycles. The van der Waals surface area contributed by atoms with E-state index in [-0.39, 0.29) is 33.8 Å². The zero-order chi connectivity index (χ0) is 22.5. The number of aromatic amines is 1. The minimum atomic E-state index is -0.722. The highest BCUT2D eigenvalue weighted by molar-refractivity contribution is 6.30. The Bertz CT molecular complexity index is 1110. The lowest BCUT2D eigenvalue weighted by Gasteiger charge is -2.11. The number of amides is 1. The van der Waals surface area contributed by atoms with Gasteiger partial charge in [-0.2, -0.15) is 5.10 Å². The van der Waals surface area contributed by atoms with Crippen LogP contribution in [0.2, 0.25) is 5.02 Å². The van der Waals surface area contributed by atoms with Crippen LogP contribution in [0.3, 0.4) is 0 Å². The first kappa shape index (κ1) is 22.4. The number of H-pyrrole nitrogens is 1. The van der Waals surface area contributed by atoms with Gasteiger partial charge < -0.3 is 5.32 Å². The summed E-state index contributed by atoms with van der Waals surface area (Å²) >= 11 is 5.65. The first-order valence-corrected chi connectivity index (χ1v) is 9.69. The third-order valence-corrected chi connectivity index (χ3v) is 4.33. The molecule has 0 spiro atoms. The minimum absolute atomic E-state index is 0.0545. The predicted molar refractivity (Wildman–Crippen MR) is 114 cm³/mol. The summed E-state index contributed by atoms with van der Waals surface area (Å²) in [5.41, 5.74) is 0.675. The summed E-state index contributed by atoms with van der Waals surface area (Å²) < 4.78 is 40.6. The van der Waals surface area contributed by atoms with Gasteiger partial charge in [0.15, 0.2) is 5.82 Å². The third-order valence-electron chi connectivity index (χ3n) is 4.03. The summed E-state index contributed by atoms with van der Waals surface area (Å²) in [4.78, 5) is 16.8. The standard InChI is InChI=1S/C21H19ClF3N5O/c1-11(2)10-26-21(28-20(31)12-3-4-16(22)17(25)7-12)27-19-9-18(29-30-19)13-5-14(23)8-15(24)6-13/h3-9,11H,10H2,1-2H3,(H3,26,27,28,29,30,31). The first-order valence-electron chi connectivity index (χ1n) is 9.31. The number of aliphatic imine (C=N–C) groups is 1. The first-order chi connectivity index (χ1) is 14.7. The van der Waals surface area contributed by atoms with Gasteiger partial charge in [0.2, 0.25) is 5.96 Å². The van der Waals surface area contributed by atoms with E-state index in [4.69, 9.17) is 11.6 Å². The molecule has 0 fully saturated rings. The second kappa shape index (κ2) is 9.65. The molecule has 0 unspecified atom stereocenters. The Kier molecular flexibility index (Phi) is 6.96. The quantitative estimate of drug-likeness (QED) is 0.378. The molecule has 1 aromatic heterocycles. The van der Waals surface area contributed by atoms with Crippen LogP contribution in [0.25, 0.3) is 11.3 Å². The van der Waals surface area contributed by atoms with Crippen molar-refractivity contribution in [1.82, 2.24) is 15.5 Å². The van der Waals surface area contributed by atoms with E-state index in [2.05, 4.69) is 25.8 Å². The van der Waals surface area contributed by atoms with Crippen LogP contribution in [-0.4, -0.2) is 28.6 Å². The van der Waals surface area contributed by atoms with E-state index in [1.54, 1.807) is 0 Å². The van der Waals surface area contributed by atoms with Gasteiger partial charge in [-0.1, -0.05) is 25.4 Å². The van der Waals surface area contributed by atoms with Crippen LogP contribution in [0.5, 0.6) is 0 Å². The molecule has 3 aromatic rings. The molecule has 0 atom stereocenters. The summed E-state index contributed by atoms with van der Waals surface area (Å²) in [6, 6.07) is 8.27. The number of nitrogens with zero attached hydrogens (tertiary/aromatic N) is 2. The van der Waals surface area contributed by atoms with Crippen molar-refractivity contribution in [3.63, 3.8) is 0 Å². The molecule has 3 N–H and O–H groups in total. The van der Waals surface area contributed by atoms with E-state index in [9.17, 15) is 18.0 Å². The SMILES string of the molecule is CC(C)CN=C(NC(=O)c1ccc(Cl)c(F)c1)Nc1cc(-c2cc(F)cc(F)c2)[nH]n1. The van der Waals surface area contributed by atoms with Gasteiger partial charge in [0.1, 0.15) is 17.5 Å². The molecule has 1 heterocycles. The molecule has 10 heteroatoms. The zero-order valence-electron chi connectivity index (χ0n) is 16.6. The van der Waals surface area contributed by atoms with Crippen molar-refractivity contribution in [1.29, 1.82) is 0 Å². The average molecular weight is 450 g/mol. The lowest BCUT2D eigenvalue weighted by molar-refractivity contribution is 0.0976. The monoisotopic (exact) mass is 449 g/mol. The molecule has 31 heavy (non-hydrogen) atoms. The Labute approximate surface area is 181 Å². The number of carbonyl (C=O) groups is 1. The second-order valence-corrected chi connectivity index (χ2v) is 7.52. The summed E-state index contributed by atoms with van der Waals surface area (Å²) in [6.07, 6.45) is 0. The highest BCUT2D eigenvalue weighted by Crippen LogP contribution is 2.22. The second-order valence-electron chi connectivity index (χ2n) is 7.12. The molecule has 0 aliphatic heterocycles. The highest BCUT2D eigenvalue weighted by Gasteiger charge is 2.14. The maximum absolute atomic E-state index is 13.7. The van der Waals surface area contributed by atoms with E-state index in [1.807, 2.05) is 13.8 Å². The third kappa shape index (κ3) is 6.08. The van der Waals surface area contributed by atoms with E-state index in [0.29, 0.717) is 12.2 Å². The number of hydrogen-bond acceptors (Lipinski definition) is 3. The molecule has 3 rings (SSSR count). The van der Waals surface area contributed by atoms with Crippen molar-refractivity contribution in [2.45, 2.75) is 13.8 Å². The molecule has 6 nitrogen and oxygen atoms in total. The fourth-order valence-corrected chi connectivity index (χ4v) is 2.68. The number of halogens is 4. The number of aromatic nitrogens is 2. The van der Waals surface area contributed by atoms with Gasteiger partial charge in [-0.3, -0.25) is 20.2 Å². The van der Waals surface area contributed by atoms with Gasteiger partial charge in [0, 0.05) is 29.8 Å². The number of anilines is 1. The summed E-state index contributed by atoms with van der Waals surface area (Å²) in [5, 5.41) is 12.0. The average Bonchev–Trinajstić information content (AvgIpc) is 3.16. The highest BCUT2D eigenvalue weighted by atomic mass is 35.5. The maximum atomic E-state index is 13.7. The fraction of sp³-hybridized carbons (Fsp3) is 0.190. The van der Waals surface area contributed by atoms with Crippen LogP contribution in [0.15, 0.2) is 47.5 Å². The van der Waals surface area contributed by atoms with Crippen LogP contribution in [0.4, 0.5) is 19.0 Å². The maximum Gasteiger partial charge on any atom is 0.258 e.